The van der Waals surface area contributed by atoms with Gasteiger partial charge >= 0.3 is 5.63 Å². The first kappa shape index (κ1) is 15.6. The van der Waals surface area contributed by atoms with Gasteiger partial charge in [-0.1, -0.05) is 12.1 Å². The molecule has 4 aromatic rings. The van der Waals surface area contributed by atoms with Gasteiger partial charge in [0.05, 0.1) is 22.0 Å². The Balaban J connectivity index is 1.64. The van der Waals surface area contributed by atoms with E-state index in [4.69, 9.17) is 4.42 Å². The van der Waals surface area contributed by atoms with Crippen LogP contribution in [0, 0.1) is 0 Å². The Bertz CT molecular complexity index is 1290. The number of hydrogen-bond donors (Lipinski definition) is 0. The molecule has 27 heavy (non-hydrogen) atoms. The lowest BCUT2D eigenvalue weighted by molar-refractivity contribution is 0.0926. The number of aromatic nitrogens is 2. The summed E-state index contributed by atoms with van der Waals surface area (Å²) in [6.45, 7) is 0. The highest BCUT2D eigenvalue weighted by Gasteiger charge is 2.38. The lowest BCUT2D eigenvalue weighted by Crippen LogP contribution is -2.29. The van der Waals surface area contributed by atoms with Crippen LogP contribution < -0.4 is 10.5 Å². The SMILES string of the molecule is O=C1c2ccc(-c3nc4ccccc4c(=O)o3)cc2C(=O)N1c1nccs1. The second-order valence-corrected chi connectivity index (χ2v) is 6.72. The van der Waals surface area contributed by atoms with Gasteiger partial charge in [-0.05, 0) is 30.3 Å². The highest BCUT2D eigenvalue weighted by molar-refractivity contribution is 7.14. The van der Waals surface area contributed by atoms with Gasteiger partial charge in [-0.15, -0.1) is 11.3 Å². The maximum absolute atomic E-state index is 12.7. The van der Waals surface area contributed by atoms with E-state index in [1.54, 1.807) is 35.7 Å². The van der Waals surface area contributed by atoms with Gasteiger partial charge in [0, 0.05) is 17.1 Å². The monoisotopic (exact) mass is 375 g/mol. The molecule has 2 aromatic carbocycles. The number of para-hydroxylation sites is 1. The first-order valence-corrected chi connectivity index (χ1v) is 8.84. The molecular formula is C19H9N3O4S. The Morgan fingerprint density at radius 2 is 1.78 bits per heavy atom. The highest BCUT2D eigenvalue weighted by atomic mass is 32.1. The molecule has 1 aliphatic rings. The summed E-state index contributed by atoms with van der Waals surface area (Å²) in [4.78, 5) is 46.9. The number of amides is 2. The molecule has 1 aliphatic heterocycles. The van der Waals surface area contributed by atoms with Crippen LogP contribution in [0.25, 0.3) is 22.4 Å². The zero-order chi connectivity index (χ0) is 18.5. The Morgan fingerprint density at radius 3 is 2.59 bits per heavy atom. The van der Waals surface area contributed by atoms with Gasteiger partial charge in [0.2, 0.25) is 5.89 Å². The molecule has 7 nitrogen and oxygen atoms in total. The van der Waals surface area contributed by atoms with Crippen LogP contribution in [0.5, 0.6) is 0 Å². The smallest absolute Gasteiger partial charge is 0.347 e. The van der Waals surface area contributed by atoms with E-state index in [0.29, 0.717) is 21.6 Å². The molecule has 2 amide bonds. The fourth-order valence-electron chi connectivity index (χ4n) is 3.02. The average molecular weight is 375 g/mol. The fourth-order valence-corrected chi connectivity index (χ4v) is 3.65. The van der Waals surface area contributed by atoms with Crippen molar-refractivity contribution in [3.8, 4) is 11.5 Å². The Hall–Kier alpha value is -3.65. The topological polar surface area (TPSA) is 93.4 Å². The van der Waals surface area contributed by atoms with Crippen LogP contribution in [-0.2, 0) is 0 Å². The quantitative estimate of drug-likeness (QED) is 0.500. The maximum Gasteiger partial charge on any atom is 0.347 e. The van der Waals surface area contributed by atoms with Gasteiger partial charge in [0.25, 0.3) is 11.8 Å². The number of fused-ring (bicyclic) bond motifs is 2. The van der Waals surface area contributed by atoms with Gasteiger partial charge in [-0.3, -0.25) is 9.59 Å². The van der Waals surface area contributed by atoms with Crippen molar-refractivity contribution in [2.24, 2.45) is 0 Å². The predicted octanol–water partition coefficient (Wildman–Crippen LogP) is 3.11. The lowest BCUT2D eigenvalue weighted by atomic mass is 10.1. The van der Waals surface area contributed by atoms with Crippen LogP contribution in [-0.4, -0.2) is 21.8 Å². The molecule has 8 heteroatoms. The molecular weight excluding hydrogens is 366 g/mol. The first-order chi connectivity index (χ1) is 13.1. The first-order valence-electron chi connectivity index (χ1n) is 7.96. The third-order valence-corrected chi connectivity index (χ3v) is 5.04. The summed E-state index contributed by atoms with van der Waals surface area (Å²) in [5, 5.41) is 2.39. The number of rotatable bonds is 2. The second-order valence-electron chi connectivity index (χ2n) is 5.84. The van der Waals surface area contributed by atoms with Crippen LogP contribution in [0.1, 0.15) is 20.7 Å². The molecule has 5 rings (SSSR count). The van der Waals surface area contributed by atoms with E-state index in [9.17, 15) is 14.4 Å². The maximum atomic E-state index is 12.7. The average Bonchev–Trinajstić information content (AvgIpc) is 3.29. The van der Waals surface area contributed by atoms with E-state index in [2.05, 4.69) is 9.97 Å². The molecule has 130 valence electrons. The second kappa shape index (κ2) is 5.68. The van der Waals surface area contributed by atoms with Crippen LogP contribution in [0.3, 0.4) is 0 Å². The molecule has 0 bridgehead atoms. The van der Waals surface area contributed by atoms with Crippen molar-refractivity contribution in [1.29, 1.82) is 0 Å². The third-order valence-electron chi connectivity index (χ3n) is 4.28. The molecule has 0 saturated carbocycles. The van der Waals surface area contributed by atoms with E-state index in [1.807, 2.05) is 0 Å². The van der Waals surface area contributed by atoms with Crippen molar-refractivity contribution in [2.45, 2.75) is 0 Å². The summed E-state index contributed by atoms with van der Waals surface area (Å²) < 4.78 is 5.31. The van der Waals surface area contributed by atoms with Crippen LogP contribution in [0.15, 0.2) is 63.3 Å². The summed E-state index contributed by atoms with van der Waals surface area (Å²) in [5.74, 6) is -0.797. The Labute approximate surface area is 155 Å². The minimum atomic E-state index is -0.511. The van der Waals surface area contributed by atoms with E-state index in [1.165, 1.54) is 29.7 Å². The molecule has 2 aromatic heterocycles. The van der Waals surface area contributed by atoms with Crippen LogP contribution in [0.2, 0.25) is 0 Å². The zero-order valence-corrected chi connectivity index (χ0v) is 14.4. The number of imide groups is 1. The van der Waals surface area contributed by atoms with E-state index in [-0.39, 0.29) is 17.0 Å². The van der Waals surface area contributed by atoms with Crippen molar-refractivity contribution in [2.75, 3.05) is 4.90 Å². The molecule has 0 atom stereocenters. The zero-order valence-electron chi connectivity index (χ0n) is 13.6. The van der Waals surface area contributed by atoms with Gasteiger partial charge < -0.3 is 4.42 Å². The molecule has 0 aliphatic carbocycles. The summed E-state index contributed by atoms with van der Waals surface area (Å²) in [6.07, 6.45) is 1.53. The number of thiazole rings is 1. The van der Waals surface area contributed by atoms with Gasteiger partial charge in [0.1, 0.15) is 0 Å². The number of anilines is 1. The van der Waals surface area contributed by atoms with Crippen molar-refractivity contribution >= 4 is 39.2 Å². The summed E-state index contributed by atoms with van der Waals surface area (Å²) in [5.41, 5.74) is 0.935. The number of carbonyl (C=O) groups is 2. The van der Waals surface area contributed by atoms with Gasteiger partial charge in [0.15, 0.2) is 5.13 Å². The van der Waals surface area contributed by atoms with Crippen LogP contribution >= 0.6 is 11.3 Å². The standard InChI is InChI=1S/C19H9N3O4S/c23-16-11-6-5-10(9-13(11)17(24)22(16)19-20-7-8-27-19)15-21-14-4-2-1-3-12(14)18(25)26-15/h1-9H. The Kier molecular flexibility index (Phi) is 3.28. The van der Waals surface area contributed by atoms with Crippen molar-refractivity contribution in [1.82, 2.24) is 9.97 Å². The van der Waals surface area contributed by atoms with Gasteiger partial charge in [-0.25, -0.2) is 19.7 Å². The predicted molar refractivity (Wildman–Crippen MR) is 99.0 cm³/mol. The fraction of sp³-hybridized carbons (Fsp3) is 0. The number of carbonyl (C=O) groups excluding carboxylic acids is 2. The van der Waals surface area contributed by atoms with Crippen LogP contribution in [0.4, 0.5) is 5.13 Å². The largest absolute Gasteiger partial charge is 0.403 e. The molecule has 0 N–H and O–H groups in total. The normalized spacial score (nSPS) is 13.4. The molecule has 0 spiro atoms. The Morgan fingerprint density at radius 1 is 0.963 bits per heavy atom. The summed E-state index contributed by atoms with van der Waals surface area (Å²) in [7, 11) is 0. The van der Waals surface area contributed by atoms with E-state index < -0.39 is 17.4 Å². The van der Waals surface area contributed by atoms with Crippen molar-refractivity contribution in [3.05, 3.63) is 75.6 Å². The minimum Gasteiger partial charge on any atom is -0.403 e. The number of benzene rings is 2. The van der Waals surface area contributed by atoms with Crippen molar-refractivity contribution < 1.29 is 14.0 Å². The molecule has 0 fully saturated rings. The van der Waals surface area contributed by atoms with E-state index >= 15 is 0 Å². The number of nitrogens with zero attached hydrogens (tertiary/aromatic N) is 3. The van der Waals surface area contributed by atoms with Crippen molar-refractivity contribution in [3.63, 3.8) is 0 Å². The van der Waals surface area contributed by atoms with E-state index in [0.717, 1.165) is 4.90 Å². The summed E-state index contributed by atoms with van der Waals surface area (Å²) >= 11 is 1.20. The third kappa shape index (κ3) is 2.31. The minimum absolute atomic E-state index is 0.0921. The molecule has 0 unspecified atom stereocenters. The van der Waals surface area contributed by atoms with Gasteiger partial charge in [-0.2, -0.15) is 0 Å². The lowest BCUT2D eigenvalue weighted by Gasteiger charge is -2.08. The highest BCUT2D eigenvalue weighted by Crippen LogP contribution is 2.32. The molecule has 0 saturated heterocycles. The molecule has 0 radical (unpaired) electrons. The summed E-state index contributed by atoms with van der Waals surface area (Å²) in [6, 6.07) is 11.5. The molecule has 3 heterocycles. The number of hydrogen-bond acceptors (Lipinski definition) is 7.